The maximum atomic E-state index is 12.0. The molecule has 1 rings (SSSR count). The molecule has 0 aromatic rings. The molecular formula is C16H32N2O. The number of nitrogens with one attached hydrogen (secondary N) is 1. The van der Waals surface area contributed by atoms with E-state index < -0.39 is 0 Å². The van der Waals surface area contributed by atoms with Gasteiger partial charge in [0.2, 0.25) is 5.91 Å². The fourth-order valence-corrected chi connectivity index (χ4v) is 3.06. The summed E-state index contributed by atoms with van der Waals surface area (Å²) < 4.78 is 0. The van der Waals surface area contributed by atoms with Gasteiger partial charge in [-0.25, -0.2) is 0 Å². The Bertz CT molecular complexity index is 276. The van der Waals surface area contributed by atoms with Crippen molar-refractivity contribution in [1.29, 1.82) is 0 Å². The number of amides is 1. The number of nitrogens with two attached hydrogens (primary N) is 1. The first-order chi connectivity index (χ1) is 8.96. The van der Waals surface area contributed by atoms with Crippen molar-refractivity contribution >= 4 is 5.91 Å². The minimum Gasteiger partial charge on any atom is -0.353 e. The Hall–Kier alpha value is -0.570. The molecule has 3 nitrogen and oxygen atoms in total. The van der Waals surface area contributed by atoms with Crippen LogP contribution in [0.25, 0.3) is 0 Å². The highest BCUT2D eigenvalue weighted by molar-refractivity contribution is 5.76. The van der Waals surface area contributed by atoms with Crippen molar-refractivity contribution in [1.82, 2.24) is 5.32 Å². The van der Waals surface area contributed by atoms with Crippen LogP contribution in [0.3, 0.4) is 0 Å². The molecule has 3 N–H and O–H groups in total. The molecule has 0 spiro atoms. The van der Waals surface area contributed by atoms with Crippen molar-refractivity contribution in [3.63, 3.8) is 0 Å². The summed E-state index contributed by atoms with van der Waals surface area (Å²) in [5.74, 6) is 1.04. The zero-order chi connectivity index (χ0) is 14.3. The molecule has 1 aliphatic rings. The summed E-state index contributed by atoms with van der Waals surface area (Å²) in [6, 6.07) is 0.420. The predicted octanol–water partition coefficient (Wildman–Crippen LogP) is 3.23. The highest BCUT2D eigenvalue weighted by atomic mass is 16.1. The van der Waals surface area contributed by atoms with Gasteiger partial charge in [-0.2, -0.15) is 0 Å². The van der Waals surface area contributed by atoms with Crippen molar-refractivity contribution in [2.75, 3.05) is 6.54 Å². The van der Waals surface area contributed by atoms with Crippen LogP contribution in [-0.4, -0.2) is 18.5 Å². The largest absolute Gasteiger partial charge is 0.353 e. The Kier molecular flexibility index (Phi) is 6.84. The van der Waals surface area contributed by atoms with Crippen molar-refractivity contribution in [3.05, 3.63) is 0 Å². The monoisotopic (exact) mass is 268 g/mol. The molecular weight excluding hydrogens is 236 g/mol. The number of carbonyl (C=O) groups is 1. The molecule has 0 saturated heterocycles. The van der Waals surface area contributed by atoms with Crippen LogP contribution in [0.15, 0.2) is 0 Å². The summed E-state index contributed by atoms with van der Waals surface area (Å²) in [6.45, 7) is 7.35. The number of rotatable bonds is 7. The fraction of sp³-hybridized carbons (Fsp3) is 0.938. The third kappa shape index (κ3) is 6.42. The quantitative estimate of drug-likeness (QED) is 0.745. The molecule has 0 radical (unpaired) electrons. The van der Waals surface area contributed by atoms with Gasteiger partial charge in [-0.1, -0.05) is 40.0 Å². The van der Waals surface area contributed by atoms with Crippen LogP contribution in [0.2, 0.25) is 0 Å². The lowest BCUT2D eigenvalue weighted by Gasteiger charge is -2.30. The van der Waals surface area contributed by atoms with Crippen molar-refractivity contribution < 1.29 is 4.79 Å². The Labute approximate surface area is 118 Å². The maximum absolute atomic E-state index is 12.0. The molecule has 1 amide bonds. The van der Waals surface area contributed by atoms with Gasteiger partial charge < -0.3 is 11.1 Å². The van der Waals surface area contributed by atoms with E-state index in [-0.39, 0.29) is 11.3 Å². The van der Waals surface area contributed by atoms with Gasteiger partial charge in [0, 0.05) is 12.5 Å². The summed E-state index contributed by atoms with van der Waals surface area (Å²) in [5.41, 5.74) is 5.79. The van der Waals surface area contributed by atoms with Crippen LogP contribution in [0.5, 0.6) is 0 Å². The Morgan fingerprint density at radius 3 is 2.68 bits per heavy atom. The van der Waals surface area contributed by atoms with Gasteiger partial charge in [0.05, 0.1) is 0 Å². The molecule has 0 aromatic carbocycles. The van der Waals surface area contributed by atoms with Crippen LogP contribution >= 0.6 is 0 Å². The molecule has 19 heavy (non-hydrogen) atoms. The highest BCUT2D eigenvalue weighted by Gasteiger charge is 2.23. The first-order valence-electron chi connectivity index (χ1n) is 7.96. The van der Waals surface area contributed by atoms with Crippen LogP contribution in [0.4, 0.5) is 0 Å². The van der Waals surface area contributed by atoms with E-state index in [1.807, 2.05) is 0 Å². The van der Waals surface area contributed by atoms with Gasteiger partial charge in [0.1, 0.15) is 0 Å². The Morgan fingerprint density at radius 1 is 1.32 bits per heavy atom. The molecule has 2 unspecified atom stereocenters. The van der Waals surface area contributed by atoms with Gasteiger partial charge in [0.15, 0.2) is 0 Å². The van der Waals surface area contributed by atoms with Crippen molar-refractivity contribution in [2.24, 2.45) is 17.1 Å². The van der Waals surface area contributed by atoms with E-state index in [0.717, 1.165) is 25.2 Å². The fourth-order valence-electron chi connectivity index (χ4n) is 3.06. The molecule has 0 bridgehead atoms. The Balaban J connectivity index is 2.27. The summed E-state index contributed by atoms with van der Waals surface area (Å²) >= 11 is 0. The van der Waals surface area contributed by atoms with Crippen LogP contribution in [0.1, 0.15) is 72.1 Å². The lowest BCUT2D eigenvalue weighted by atomic mass is 9.83. The lowest BCUT2D eigenvalue weighted by molar-refractivity contribution is -0.122. The van der Waals surface area contributed by atoms with Gasteiger partial charge in [-0.3, -0.25) is 4.79 Å². The minimum absolute atomic E-state index is 0.185. The zero-order valence-corrected chi connectivity index (χ0v) is 13.0. The minimum atomic E-state index is 0.185. The van der Waals surface area contributed by atoms with Crippen molar-refractivity contribution in [3.8, 4) is 0 Å². The average molecular weight is 268 g/mol. The molecule has 0 aliphatic heterocycles. The van der Waals surface area contributed by atoms with Gasteiger partial charge in [-0.05, 0) is 43.6 Å². The second-order valence-electron chi connectivity index (χ2n) is 6.91. The van der Waals surface area contributed by atoms with Gasteiger partial charge in [0.25, 0.3) is 0 Å². The first-order valence-corrected chi connectivity index (χ1v) is 7.96. The second kappa shape index (κ2) is 7.88. The molecule has 2 atom stereocenters. The molecule has 0 aromatic heterocycles. The van der Waals surface area contributed by atoms with E-state index in [1.54, 1.807) is 0 Å². The summed E-state index contributed by atoms with van der Waals surface area (Å²) in [4.78, 5) is 12.0. The summed E-state index contributed by atoms with van der Waals surface area (Å²) in [7, 11) is 0. The van der Waals surface area contributed by atoms with E-state index in [9.17, 15) is 4.79 Å². The van der Waals surface area contributed by atoms with Crippen LogP contribution in [0, 0.1) is 11.3 Å². The molecule has 0 heterocycles. The van der Waals surface area contributed by atoms with Gasteiger partial charge >= 0.3 is 0 Å². The van der Waals surface area contributed by atoms with Crippen molar-refractivity contribution in [2.45, 2.75) is 78.2 Å². The average Bonchev–Trinajstić information content (AvgIpc) is 2.37. The molecule has 3 heteroatoms. The van der Waals surface area contributed by atoms with E-state index in [0.29, 0.717) is 19.0 Å². The standard InChI is InChI=1S/C16H32N2O/c1-4-13-6-5-7-14(12-13)18-15(19)8-9-16(2,3)10-11-17/h13-14H,4-12,17H2,1-3H3,(H,18,19). The van der Waals surface area contributed by atoms with E-state index in [2.05, 4.69) is 26.1 Å². The SMILES string of the molecule is CCC1CCCC(NC(=O)CCC(C)(C)CCN)C1. The molecule has 1 fully saturated rings. The highest BCUT2D eigenvalue weighted by Crippen LogP contribution is 2.28. The normalized spacial score (nSPS) is 24.2. The lowest BCUT2D eigenvalue weighted by Crippen LogP contribution is -2.38. The number of hydrogen-bond donors (Lipinski definition) is 2. The molecule has 1 aliphatic carbocycles. The number of hydrogen-bond acceptors (Lipinski definition) is 2. The van der Waals surface area contributed by atoms with E-state index in [1.165, 1.54) is 25.7 Å². The predicted molar refractivity (Wildman–Crippen MR) is 80.9 cm³/mol. The first kappa shape index (κ1) is 16.5. The second-order valence-corrected chi connectivity index (χ2v) is 6.91. The summed E-state index contributed by atoms with van der Waals surface area (Å²) in [6.07, 6.45) is 8.75. The third-order valence-electron chi connectivity index (χ3n) is 4.58. The third-order valence-corrected chi connectivity index (χ3v) is 4.58. The van der Waals surface area contributed by atoms with E-state index in [4.69, 9.17) is 5.73 Å². The van der Waals surface area contributed by atoms with Crippen LogP contribution < -0.4 is 11.1 Å². The summed E-state index contributed by atoms with van der Waals surface area (Å²) in [5, 5.41) is 3.23. The molecule has 112 valence electrons. The van der Waals surface area contributed by atoms with Crippen LogP contribution in [-0.2, 0) is 4.79 Å². The number of carbonyl (C=O) groups excluding carboxylic acids is 1. The van der Waals surface area contributed by atoms with Gasteiger partial charge in [-0.15, -0.1) is 0 Å². The smallest absolute Gasteiger partial charge is 0.220 e. The van der Waals surface area contributed by atoms with E-state index >= 15 is 0 Å². The Morgan fingerprint density at radius 2 is 2.05 bits per heavy atom. The maximum Gasteiger partial charge on any atom is 0.220 e. The zero-order valence-electron chi connectivity index (χ0n) is 13.0. The topological polar surface area (TPSA) is 55.1 Å². The molecule has 1 saturated carbocycles.